The zero-order valence-electron chi connectivity index (χ0n) is 18.0. The molecule has 0 fully saturated rings. The number of nitrogens with zero attached hydrogens (tertiary/aromatic N) is 1. The van der Waals surface area contributed by atoms with E-state index < -0.39 is 11.7 Å². The monoisotopic (exact) mass is 453 g/mol. The lowest BCUT2D eigenvalue weighted by Crippen LogP contribution is -2.23. The molecule has 2 aromatic heterocycles. The minimum atomic E-state index is -4.42. The van der Waals surface area contributed by atoms with Crippen LogP contribution in [0.15, 0.2) is 65.5 Å². The third kappa shape index (κ3) is 3.92. The number of hydrogen-bond donors (Lipinski definition) is 0. The molecule has 0 N–H and O–H groups in total. The Morgan fingerprint density at radius 1 is 1.12 bits per heavy atom. The van der Waals surface area contributed by atoms with Crippen LogP contribution in [0.25, 0.3) is 33.2 Å². The Hall–Kier alpha value is -3.48. The number of ether oxygens (including phenoxy) is 1. The summed E-state index contributed by atoms with van der Waals surface area (Å²) < 4.78 is 53.0. The smallest absolute Gasteiger partial charge is 0.416 e. The van der Waals surface area contributed by atoms with Gasteiger partial charge in [0.25, 0.3) is 0 Å². The van der Waals surface area contributed by atoms with Crippen molar-refractivity contribution < 1.29 is 27.1 Å². The number of benzene rings is 2. The average molecular weight is 453 g/mol. The molecule has 3 heterocycles. The third-order valence-corrected chi connectivity index (χ3v) is 6.28. The van der Waals surface area contributed by atoms with E-state index in [9.17, 15) is 18.0 Å². The summed E-state index contributed by atoms with van der Waals surface area (Å²) in [6.07, 6.45) is 0.261. The first-order chi connectivity index (χ1) is 15.8. The molecular formula is C26H22F3NO3. The van der Waals surface area contributed by atoms with Crippen molar-refractivity contribution >= 4 is 16.9 Å². The van der Waals surface area contributed by atoms with Gasteiger partial charge in [0.1, 0.15) is 0 Å². The molecule has 1 unspecified atom stereocenters. The molecule has 1 aliphatic heterocycles. The van der Waals surface area contributed by atoms with Gasteiger partial charge in [-0.25, -0.2) is 0 Å². The Balaban J connectivity index is 1.64. The Labute approximate surface area is 188 Å². The first-order valence-electron chi connectivity index (χ1n) is 10.8. The van der Waals surface area contributed by atoms with E-state index in [0.29, 0.717) is 24.2 Å². The molecule has 4 aromatic rings. The van der Waals surface area contributed by atoms with Crippen LogP contribution < -0.4 is 0 Å². The summed E-state index contributed by atoms with van der Waals surface area (Å²) in [5.74, 6) is -0.128. The number of aryl methyl sites for hydroxylation is 1. The fourth-order valence-electron chi connectivity index (χ4n) is 4.77. The number of halogens is 3. The largest absolute Gasteiger partial charge is 0.471 e. The summed E-state index contributed by atoms with van der Waals surface area (Å²) in [6, 6.07) is 13.3. The average Bonchev–Trinajstić information content (AvgIpc) is 3.39. The topological polar surface area (TPSA) is 44.4 Å². The van der Waals surface area contributed by atoms with Crippen molar-refractivity contribution in [2.24, 2.45) is 5.92 Å². The number of alkyl halides is 3. The first kappa shape index (κ1) is 21.4. The molecule has 0 aliphatic carbocycles. The second-order valence-corrected chi connectivity index (χ2v) is 8.43. The number of furan rings is 1. The van der Waals surface area contributed by atoms with Crippen LogP contribution in [0, 0.1) is 5.92 Å². The summed E-state index contributed by atoms with van der Waals surface area (Å²) in [6.45, 7) is 2.53. The van der Waals surface area contributed by atoms with Gasteiger partial charge in [-0.3, -0.25) is 4.79 Å². The predicted molar refractivity (Wildman–Crippen MR) is 119 cm³/mol. The molecule has 0 spiro atoms. The Kier molecular flexibility index (Phi) is 5.27. The number of hydrogen-bond acceptors (Lipinski definition) is 3. The van der Waals surface area contributed by atoms with Crippen LogP contribution in [0.1, 0.15) is 24.6 Å². The minimum absolute atomic E-state index is 0.174. The second-order valence-electron chi connectivity index (χ2n) is 8.43. The Morgan fingerprint density at radius 3 is 2.70 bits per heavy atom. The van der Waals surface area contributed by atoms with Gasteiger partial charge in [-0.1, -0.05) is 30.3 Å². The number of aromatic nitrogens is 1. The van der Waals surface area contributed by atoms with E-state index in [1.165, 1.54) is 19.3 Å². The van der Waals surface area contributed by atoms with Gasteiger partial charge >= 0.3 is 12.1 Å². The van der Waals surface area contributed by atoms with E-state index >= 15 is 0 Å². The van der Waals surface area contributed by atoms with Crippen molar-refractivity contribution in [3.8, 4) is 22.3 Å². The van der Waals surface area contributed by atoms with Gasteiger partial charge in [-0.05, 0) is 36.6 Å². The lowest BCUT2D eigenvalue weighted by atomic mass is 9.90. The number of carbonyl (C=O) groups excluding carboxylic acids is 1. The number of esters is 1. The lowest BCUT2D eigenvalue weighted by molar-refractivity contribution is -0.142. The summed E-state index contributed by atoms with van der Waals surface area (Å²) >= 11 is 0. The maximum Gasteiger partial charge on any atom is 0.416 e. The molecule has 7 heteroatoms. The molecule has 33 heavy (non-hydrogen) atoms. The Morgan fingerprint density at radius 2 is 1.91 bits per heavy atom. The predicted octanol–water partition coefficient (Wildman–Crippen LogP) is 6.71. The highest BCUT2D eigenvalue weighted by Gasteiger charge is 2.32. The van der Waals surface area contributed by atoms with E-state index in [1.54, 1.807) is 12.3 Å². The maximum atomic E-state index is 13.3. The molecule has 0 radical (unpaired) electrons. The highest BCUT2D eigenvalue weighted by molar-refractivity contribution is 6.01. The van der Waals surface area contributed by atoms with Crippen molar-refractivity contribution in [3.63, 3.8) is 0 Å². The van der Waals surface area contributed by atoms with Crippen LogP contribution in [0.5, 0.6) is 0 Å². The van der Waals surface area contributed by atoms with E-state index in [4.69, 9.17) is 9.15 Å². The molecule has 1 aliphatic rings. The molecule has 2 aromatic carbocycles. The van der Waals surface area contributed by atoms with Gasteiger partial charge in [-0.2, -0.15) is 13.2 Å². The van der Waals surface area contributed by atoms with E-state index in [1.807, 2.05) is 18.2 Å². The molecule has 1 atom stereocenters. The fourth-order valence-corrected chi connectivity index (χ4v) is 4.77. The van der Waals surface area contributed by atoms with Gasteiger partial charge in [0.15, 0.2) is 0 Å². The SMILES string of the molecule is CC(=O)OCC1CCn2c(c(-c3cocc3-c3cccc(C(F)(F)F)c3)c3ccccc32)C1. The summed E-state index contributed by atoms with van der Waals surface area (Å²) in [4.78, 5) is 11.3. The third-order valence-electron chi connectivity index (χ3n) is 6.28. The first-order valence-corrected chi connectivity index (χ1v) is 10.8. The fraction of sp³-hybridized carbons (Fsp3) is 0.269. The summed E-state index contributed by atoms with van der Waals surface area (Å²) in [7, 11) is 0. The van der Waals surface area contributed by atoms with Crippen molar-refractivity contribution in [3.05, 3.63) is 72.3 Å². The molecule has 0 bridgehead atoms. The van der Waals surface area contributed by atoms with Crippen LogP contribution in [-0.4, -0.2) is 17.1 Å². The molecule has 170 valence electrons. The molecule has 0 amide bonds. The van der Waals surface area contributed by atoms with Gasteiger partial charge < -0.3 is 13.7 Å². The van der Waals surface area contributed by atoms with Gasteiger partial charge in [0.05, 0.1) is 24.7 Å². The maximum absolute atomic E-state index is 13.3. The quantitative estimate of drug-likeness (QED) is 0.323. The molecule has 0 saturated carbocycles. The number of fused-ring (bicyclic) bond motifs is 3. The zero-order valence-corrected chi connectivity index (χ0v) is 18.0. The molecule has 4 nitrogen and oxygen atoms in total. The second kappa shape index (κ2) is 8.14. The van der Waals surface area contributed by atoms with Crippen molar-refractivity contribution in [1.82, 2.24) is 4.57 Å². The highest BCUT2D eigenvalue weighted by atomic mass is 19.4. The lowest BCUT2D eigenvalue weighted by Gasteiger charge is -2.25. The van der Waals surface area contributed by atoms with Crippen LogP contribution in [-0.2, 0) is 28.7 Å². The van der Waals surface area contributed by atoms with E-state index in [2.05, 4.69) is 10.6 Å². The normalized spacial score (nSPS) is 16.1. The van der Waals surface area contributed by atoms with Crippen molar-refractivity contribution in [2.45, 2.75) is 32.5 Å². The van der Waals surface area contributed by atoms with Gasteiger partial charge in [0.2, 0.25) is 0 Å². The van der Waals surface area contributed by atoms with E-state index in [-0.39, 0.29) is 11.9 Å². The molecule has 5 rings (SSSR count). The minimum Gasteiger partial charge on any atom is -0.471 e. The van der Waals surface area contributed by atoms with Crippen molar-refractivity contribution in [2.75, 3.05) is 6.61 Å². The van der Waals surface area contributed by atoms with Crippen LogP contribution in [0.4, 0.5) is 13.2 Å². The standard InChI is InChI=1S/C26H22F3NO3/c1-16(31)33-13-17-9-10-30-23-8-3-2-7-20(23)25(24(30)11-17)22-15-32-14-21(22)18-5-4-6-19(12-18)26(27,28)29/h2-8,12,14-15,17H,9-11,13H2,1H3. The van der Waals surface area contributed by atoms with E-state index in [0.717, 1.165) is 52.8 Å². The number of rotatable bonds is 4. The molecule has 0 saturated heterocycles. The zero-order chi connectivity index (χ0) is 23.2. The summed E-state index contributed by atoms with van der Waals surface area (Å²) in [5.41, 5.74) is 4.23. The van der Waals surface area contributed by atoms with Crippen LogP contribution in [0.2, 0.25) is 0 Å². The van der Waals surface area contributed by atoms with Crippen LogP contribution in [0.3, 0.4) is 0 Å². The number of para-hydroxylation sites is 1. The molecular weight excluding hydrogens is 431 g/mol. The number of carbonyl (C=O) groups is 1. The van der Waals surface area contributed by atoms with Crippen LogP contribution >= 0.6 is 0 Å². The highest BCUT2D eigenvalue weighted by Crippen LogP contribution is 2.44. The summed E-state index contributed by atoms with van der Waals surface area (Å²) in [5, 5.41) is 1.02. The Bertz CT molecular complexity index is 1330. The van der Waals surface area contributed by atoms with Crippen molar-refractivity contribution in [1.29, 1.82) is 0 Å². The van der Waals surface area contributed by atoms with Gasteiger partial charge in [-0.15, -0.1) is 0 Å². The van der Waals surface area contributed by atoms with Gasteiger partial charge in [0, 0.05) is 52.7 Å².